The van der Waals surface area contributed by atoms with Crippen LogP contribution >= 0.6 is 11.3 Å². The lowest BCUT2D eigenvalue weighted by atomic mass is 10.0. The van der Waals surface area contributed by atoms with Gasteiger partial charge in [-0.25, -0.2) is 4.98 Å². The van der Waals surface area contributed by atoms with Gasteiger partial charge in [-0.15, -0.1) is 11.3 Å². The van der Waals surface area contributed by atoms with E-state index in [1.807, 2.05) is 6.20 Å². The van der Waals surface area contributed by atoms with Gasteiger partial charge in [-0.3, -0.25) is 4.98 Å². The molecule has 0 unspecified atom stereocenters. The molecule has 5 rings (SSSR count). The van der Waals surface area contributed by atoms with E-state index < -0.39 is 8.07 Å². The fourth-order valence-electron chi connectivity index (χ4n) is 3.82. The average molecular weight is 411 g/mol. The minimum absolute atomic E-state index is 0.982. The van der Waals surface area contributed by atoms with Gasteiger partial charge in [0.1, 0.15) is 4.83 Å². The molecule has 3 aromatic heterocycles. The molecular formula is C25H22N2SSi. The lowest BCUT2D eigenvalue weighted by Crippen LogP contribution is -2.39. The van der Waals surface area contributed by atoms with Crippen molar-refractivity contribution in [3.05, 3.63) is 79.1 Å². The van der Waals surface area contributed by atoms with Crippen LogP contribution in [0.3, 0.4) is 0 Å². The van der Waals surface area contributed by atoms with Crippen molar-refractivity contribution in [3.8, 4) is 22.4 Å². The Hall–Kier alpha value is -2.82. The number of nitrogens with zero attached hydrogens (tertiary/aromatic N) is 2. The maximum absolute atomic E-state index is 4.87. The molecule has 0 aliphatic carbocycles. The molecule has 0 aliphatic rings. The van der Waals surface area contributed by atoms with Crippen LogP contribution in [-0.2, 0) is 0 Å². The van der Waals surface area contributed by atoms with E-state index in [1.54, 1.807) is 11.3 Å². The number of benzene rings is 2. The number of rotatable bonds is 3. The third kappa shape index (κ3) is 3.28. The summed E-state index contributed by atoms with van der Waals surface area (Å²) in [5, 5.41) is 3.87. The number of pyridine rings is 2. The molecule has 142 valence electrons. The highest BCUT2D eigenvalue weighted by Gasteiger charge is 2.22. The van der Waals surface area contributed by atoms with Gasteiger partial charge in [-0.05, 0) is 34.5 Å². The van der Waals surface area contributed by atoms with Crippen LogP contribution in [0.2, 0.25) is 19.6 Å². The van der Waals surface area contributed by atoms with E-state index in [1.165, 1.54) is 31.8 Å². The van der Waals surface area contributed by atoms with Gasteiger partial charge in [0.25, 0.3) is 0 Å². The Bertz CT molecular complexity index is 1330. The number of aromatic nitrogens is 2. The molecule has 5 aromatic rings. The van der Waals surface area contributed by atoms with E-state index in [9.17, 15) is 0 Å². The highest BCUT2D eigenvalue weighted by atomic mass is 32.1. The van der Waals surface area contributed by atoms with Gasteiger partial charge in [0.05, 0.1) is 13.8 Å². The van der Waals surface area contributed by atoms with E-state index in [4.69, 9.17) is 9.97 Å². The molecule has 3 heterocycles. The Balaban J connectivity index is 1.71. The first kappa shape index (κ1) is 18.2. The minimum atomic E-state index is -1.53. The summed E-state index contributed by atoms with van der Waals surface area (Å²) < 4.78 is 1.28. The van der Waals surface area contributed by atoms with E-state index in [0.717, 1.165) is 16.1 Å². The van der Waals surface area contributed by atoms with Crippen LogP contribution in [0.1, 0.15) is 0 Å². The number of thiophene rings is 1. The average Bonchev–Trinajstić information content (AvgIpc) is 3.11. The number of hydrogen-bond donors (Lipinski definition) is 0. The predicted molar refractivity (Wildman–Crippen MR) is 129 cm³/mol. The zero-order valence-corrected chi connectivity index (χ0v) is 18.6. The third-order valence-electron chi connectivity index (χ3n) is 5.33. The lowest BCUT2D eigenvalue weighted by Gasteiger charge is -2.21. The fraction of sp³-hybridized carbons (Fsp3) is 0.120. The summed E-state index contributed by atoms with van der Waals surface area (Å²) in [5.74, 6) is 0. The summed E-state index contributed by atoms with van der Waals surface area (Å²) in [4.78, 5) is 10.7. The van der Waals surface area contributed by atoms with Gasteiger partial charge in [-0.2, -0.15) is 0 Å². The first-order chi connectivity index (χ1) is 14.0. The van der Waals surface area contributed by atoms with Crippen LogP contribution in [-0.4, -0.2) is 18.0 Å². The Labute approximate surface area is 175 Å². The smallest absolute Gasteiger partial charge is 0.124 e. The van der Waals surface area contributed by atoms with Crippen molar-refractivity contribution in [1.29, 1.82) is 0 Å². The summed E-state index contributed by atoms with van der Waals surface area (Å²) >= 11 is 1.75. The summed E-state index contributed by atoms with van der Waals surface area (Å²) in [6.07, 6.45) is 4.06. The standard InChI is InChI=1S/C25H22N2SSi/c1-29(2,3)24-16-26-22(14-20(24)17-9-5-4-6-10-17)18-13-21-19-11-7-8-12-23(19)28-25(21)27-15-18/h4-16H,1-3H3. The normalized spacial score (nSPS) is 12.0. The second kappa shape index (κ2) is 6.90. The largest absolute Gasteiger partial charge is 0.256 e. The predicted octanol–water partition coefficient (Wildman–Crippen LogP) is 6.72. The molecule has 4 heteroatoms. The van der Waals surface area contributed by atoms with Crippen LogP contribution < -0.4 is 5.19 Å². The molecule has 2 nitrogen and oxygen atoms in total. The highest BCUT2D eigenvalue weighted by Crippen LogP contribution is 2.35. The van der Waals surface area contributed by atoms with Crippen molar-refractivity contribution >= 4 is 44.9 Å². The molecule has 0 N–H and O–H groups in total. The Morgan fingerprint density at radius 1 is 0.724 bits per heavy atom. The molecule has 0 saturated heterocycles. The second-order valence-corrected chi connectivity index (χ2v) is 14.5. The van der Waals surface area contributed by atoms with E-state index in [-0.39, 0.29) is 0 Å². The maximum atomic E-state index is 4.87. The fourth-order valence-corrected chi connectivity index (χ4v) is 6.32. The maximum Gasteiger partial charge on any atom is 0.124 e. The minimum Gasteiger partial charge on any atom is -0.256 e. The lowest BCUT2D eigenvalue weighted by molar-refractivity contribution is 1.32. The number of hydrogen-bond acceptors (Lipinski definition) is 3. The van der Waals surface area contributed by atoms with Crippen molar-refractivity contribution in [2.75, 3.05) is 0 Å². The number of fused-ring (bicyclic) bond motifs is 3. The summed E-state index contributed by atoms with van der Waals surface area (Å²) in [6, 6.07) is 23.7. The molecule has 0 saturated carbocycles. The second-order valence-electron chi connectivity index (χ2n) is 8.41. The Morgan fingerprint density at radius 2 is 1.48 bits per heavy atom. The van der Waals surface area contributed by atoms with Crippen LogP contribution in [0.4, 0.5) is 0 Å². The van der Waals surface area contributed by atoms with Gasteiger partial charge in [-0.1, -0.05) is 68.2 Å². The summed E-state index contributed by atoms with van der Waals surface area (Å²) in [6.45, 7) is 7.13. The van der Waals surface area contributed by atoms with Crippen molar-refractivity contribution in [1.82, 2.24) is 9.97 Å². The van der Waals surface area contributed by atoms with Crippen molar-refractivity contribution in [3.63, 3.8) is 0 Å². The van der Waals surface area contributed by atoms with E-state index >= 15 is 0 Å². The molecular weight excluding hydrogens is 388 g/mol. The molecule has 0 spiro atoms. The molecule has 0 bridgehead atoms. The van der Waals surface area contributed by atoms with Crippen LogP contribution in [0, 0.1) is 0 Å². The van der Waals surface area contributed by atoms with Gasteiger partial charge >= 0.3 is 0 Å². The van der Waals surface area contributed by atoms with Crippen LogP contribution in [0.15, 0.2) is 79.1 Å². The van der Waals surface area contributed by atoms with E-state index in [0.29, 0.717) is 0 Å². The summed E-state index contributed by atoms with van der Waals surface area (Å²) in [5.41, 5.74) is 4.60. The molecule has 2 aromatic carbocycles. The van der Waals surface area contributed by atoms with Gasteiger partial charge in [0, 0.05) is 33.4 Å². The van der Waals surface area contributed by atoms with Crippen molar-refractivity contribution < 1.29 is 0 Å². The molecule has 0 atom stereocenters. The highest BCUT2D eigenvalue weighted by molar-refractivity contribution is 7.25. The monoisotopic (exact) mass is 410 g/mol. The Kier molecular flexibility index (Phi) is 4.34. The SMILES string of the molecule is C[Si](C)(C)c1cnc(-c2cnc3sc4ccccc4c3c2)cc1-c1ccccc1. The van der Waals surface area contributed by atoms with Gasteiger partial charge < -0.3 is 0 Å². The van der Waals surface area contributed by atoms with Crippen molar-refractivity contribution in [2.45, 2.75) is 19.6 Å². The molecule has 0 aliphatic heterocycles. The first-order valence-electron chi connectivity index (χ1n) is 9.84. The quantitative estimate of drug-likeness (QED) is 0.308. The van der Waals surface area contributed by atoms with Gasteiger partial charge in [0.15, 0.2) is 0 Å². The zero-order chi connectivity index (χ0) is 20.0. The summed E-state index contributed by atoms with van der Waals surface area (Å²) in [7, 11) is -1.53. The van der Waals surface area contributed by atoms with Crippen molar-refractivity contribution in [2.24, 2.45) is 0 Å². The topological polar surface area (TPSA) is 25.8 Å². The van der Waals surface area contributed by atoms with E-state index in [2.05, 4.69) is 92.6 Å². The first-order valence-corrected chi connectivity index (χ1v) is 14.2. The zero-order valence-electron chi connectivity index (χ0n) is 16.8. The molecule has 0 fully saturated rings. The van der Waals surface area contributed by atoms with Crippen LogP contribution in [0.25, 0.3) is 42.7 Å². The molecule has 29 heavy (non-hydrogen) atoms. The molecule has 0 amide bonds. The molecule has 0 radical (unpaired) electrons. The third-order valence-corrected chi connectivity index (χ3v) is 8.44. The van der Waals surface area contributed by atoms with Gasteiger partial charge in [0.2, 0.25) is 0 Å². The van der Waals surface area contributed by atoms with Crippen LogP contribution in [0.5, 0.6) is 0 Å². The Morgan fingerprint density at radius 3 is 2.28 bits per heavy atom.